The maximum Gasteiger partial charge on any atom is 0.332 e. The van der Waals surface area contributed by atoms with Crippen molar-refractivity contribution in [3.8, 4) is 17.1 Å². The molecule has 0 radical (unpaired) electrons. The van der Waals surface area contributed by atoms with Gasteiger partial charge in [-0.05, 0) is 41.8 Å². The number of aromatic nitrogens is 2. The molecule has 0 N–H and O–H groups in total. The molecule has 3 aromatic rings. The Balaban J connectivity index is 1.44. The Labute approximate surface area is 192 Å². The van der Waals surface area contributed by atoms with Gasteiger partial charge in [0.25, 0.3) is 5.91 Å². The van der Waals surface area contributed by atoms with Crippen LogP contribution in [-0.4, -0.2) is 45.4 Å². The zero-order chi connectivity index (χ0) is 22.2. The molecule has 0 spiro atoms. The molecule has 2 atom stereocenters. The highest BCUT2D eigenvalue weighted by Crippen LogP contribution is 2.37. The molecule has 8 nitrogen and oxygen atoms in total. The molecule has 1 saturated heterocycles. The molecule has 3 amide bonds. The van der Waals surface area contributed by atoms with Crippen LogP contribution in [-0.2, 0) is 11.3 Å². The maximum atomic E-state index is 13.4. The van der Waals surface area contributed by atoms with Crippen LogP contribution < -0.4 is 9.64 Å². The van der Waals surface area contributed by atoms with E-state index in [2.05, 4.69) is 10.1 Å². The smallest absolute Gasteiger partial charge is 0.332 e. The summed E-state index contributed by atoms with van der Waals surface area (Å²) in [5.74, 6) is 1.07. The fraction of sp³-hybridized carbons (Fsp3) is 0.182. The van der Waals surface area contributed by atoms with Gasteiger partial charge in [-0.15, -0.1) is 11.8 Å². The lowest BCUT2D eigenvalue weighted by Gasteiger charge is -2.40. The van der Waals surface area contributed by atoms with Crippen molar-refractivity contribution in [3.63, 3.8) is 0 Å². The third-order valence-electron chi connectivity index (χ3n) is 5.26. The number of carbonyl (C=O) groups is 2. The second-order valence-electron chi connectivity index (χ2n) is 7.18. The summed E-state index contributed by atoms with van der Waals surface area (Å²) >= 11 is 7.36. The highest BCUT2D eigenvalue weighted by Gasteiger charge is 2.48. The van der Waals surface area contributed by atoms with E-state index in [1.165, 1.54) is 16.7 Å². The van der Waals surface area contributed by atoms with E-state index in [1.807, 2.05) is 29.7 Å². The van der Waals surface area contributed by atoms with Crippen LogP contribution in [0.15, 0.2) is 64.5 Å². The fourth-order valence-electron chi connectivity index (χ4n) is 3.69. The van der Waals surface area contributed by atoms with Gasteiger partial charge in [-0.1, -0.05) is 35.0 Å². The minimum Gasteiger partial charge on any atom is -0.497 e. The third kappa shape index (κ3) is 3.63. The number of methoxy groups -OCH3 is 1. The summed E-state index contributed by atoms with van der Waals surface area (Å²) in [6, 6.07) is 13.0. The number of hydrogen-bond acceptors (Lipinski definition) is 7. The van der Waals surface area contributed by atoms with Crippen LogP contribution in [0.1, 0.15) is 5.89 Å². The molecule has 2 aliphatic heterocycles. The van der Waals surface area contributed by atoms with E-state index in [1.54, 1.807) is 42.3 Å². The van der Waals surface area contributed by atoms with Crippen LogP contribution in [0.3, 0.4) is 0 Å². The van der Waals surface area contributed by atoms with Gasteiger partial charge in [-0.2, -0.15) is 4.98 Å². The van der Waals surface area contributed by atoms with E-state index >= 15 is 0 Å². The number of anilines is 1. The normalized spacial score (nSPS) is 20.1. The monoisotopic (exact) mass is 468 g/mol. The highest BCUT2D eigenvalue weighted by atomic mass is 35.5. The molecule has 10 heteroatoms. The van der Waals surface area contributed by atoms with E-state index < -0.39 is 17.3 Å². The van der Waals surface area contributed by atoms with Crippen LogP contribution in [0.4, 0.5) is 10.5 Å². The van der Waals surface area contributed by atoms with E-state index in [9.17, 15) is 9.59 Å². The Hall–Kier alpha value is -3.30. The summed E-state index contributed by atoms with van der Waals surface area (Å²) in [6.07, 6.45) is 1.85. The van der Waals surface area contributed by atoms with Crippen molar-refractivity contribution in [1.29, 1.82) is 0 Å². The summed E-state index contributed by atoms with van der Waals surface area (Å²) in [6.45, 7) is 0.0687. The predicted molar refractivity (Wildman–Crippen MR) is 120 cm³/mol. The van der Waals surface area contributed by atoms with Crippen molar-refractivity contribution in [2.45, 2.75) is 17.8 Å². The van der Waals surface area contributed by atoms with Gasteiger partial charge < -0.3 is 14.2 Å². The molecule has 0 aliphatic carbocycles. The second-order valence-corrected chi connectivity index (χ2v) is 8.67. The van der Waals surface area contributed by atoms with Gasteiger partial charge in [-0.25, -0.2) is 9.69 Å². The molecule has 3 heterocycles. The molecular formula is C22H17ClN4O4S. The van der Waals surface area contributed by atoms with Gasteiger partial charge in [0.1, 0.15) is 17.5 Å². The molecular weight excluding hydrogens is 452 g/mol. The summed E-state index contributed by atoms with van der Waals surface area (Å²) < 4.78 is 10.7. The van der Waals surface area contributed by atoms with Gasteiger partial charge in [-0.3, -0.25) is 4.79 Å². The summed E-state index contributed by atoms with van der Waals surface area (Å²) in [5.41, 5.74) is 1.19. The van der Waals surface area contributed by atoms with Gasteiger partial charge in [0.05, 0.1) is 18.8 Å². The van der Waals surface area contributed by atoms with Crippen LogP contribution >= 0.6 is 23.4 Å². The molecule has 1 fully saturated rings. The number of rotatable bonds is 5. The first kappa shape index (κ1) is 20.6. The molecule has 0 saturated carbocycles. The van der Waals surface area contributed by atoms with Gasteiger partial charge in [0, 0.05) is 10.6 Å². The van der Waals surface area contributed by atoms with Crippen molar-refractivity contribution in [3.05, 3.63) is 70.9 Å². The second kappa shape index (κ2) is 8.33. The van der Waals surface area contributed by atoms with Crippen molar-refractivity contribution < 1.29 is 18.8 Å². The number of thioether (sulfide) groups is 1. The largest absolute Gasteiger partial charge is 0.497 e. The number of urea groups is 1. The number of hydrogen-bond donors (Lipinski definition) is 0. The minimum absolute atomic E-state index is 0.0687. The topological polar surface area (TPSA) is 88.8 Å². The summed E-state index contributed by atoms with van der Waals surface area (Å²) in [5, 5.41) is 5.96. The third-order valence-corrected chi connectivity index (χ3v) is 6.60. The van der Waals surface area contributed by atoms with Crippen molar-refractivity contribution in [2.75, 3.05) is 12.0 Å². The Bertz CT molecular complexity index is 1210. The number of amides is 3. The SMILES string of the molecule is COc1cccc(-c2noc(CN3C(=O)N(c4ccc(Cl)cc4)C(=O)C4SC=CC43)n2)c1. The zero-order valence-electron chi connectivity index (χ0n) is 16.8. The maximum absolute atomic E-state index is 13.4. The van der Waals surface area contributed by atoms with E-state index in [-0.39, 0.29) is 18.3 Å². The average Bonchev–Trinajstić information content (AvgIpc) is 3.48. The lowest BCUT2D eigenvalue weighted by atomic mass is 10.1. The predicted octanol–water partition coefficient (Wildman–Crippen LogP) is 4.37. The molecule has 0 bridgehead atoms. The average molecular weight is 469 g/mol. The van der Waals surface area contributed by atoms with Crippen molar-refractivity contribution >= 4 is 41.0 Å². The molecule has 5 rings (SSSR count). The Morgan fingerprint density at radius 1 is 1.19 bits per heavy atom. The molecule has 2 aliphatic rings. The first-order chi connectivity index (χ1) is 15.5. The lowest BCUT2D eigenvalue weighted by Crippen LogP contribution is -2.61. The number of halogens is 1. The van der Waals surface area contributed by atoms with E-state index in [4.69, 9.17) is 20.9 Å². The summed E-state index contributed by atoms with van der Waals surface area (Å²) in [4.78, 5) is 33.6. The number of imide groups is 1. The molecule has 2 unspecified atom stereocenters. The van der Waals surface area contributed by atoms with Gasteiger partial charge in [0.15, 0.2) is 0 Å². The van der Waals surface area contributed by atoms with E-state index in [0.29, 0.717) is 22.3 Å². The zero-order valence-corrected chi connectivity index (χ0v) is 18.4. The standard InChI is InChI=1S/C22H17ClN4O4S/c1-30-16-4-2-3-13(11-16)20-24-18(31-25-20)12-26-17-9-10-32-19(17)21(28)27(22(26)29)15-7-5-14(23)6-8-15/h2-11,17,19H,12H2,1H3. The van der Waals surface area contributed by atoms with Crippen molar-refractivity contribution in [2.24, 2.45) is 0 Å². The number of carbonyl (C=O) groups excluding carboxylic acids is 2. The Kier molecular flexibility index (Phi) is 5.36. The molecule has 162 valence electrons. The van der Waals surface area contributed by atoms with Crippen LogP contribution in [0.5, 0.6) is 5.75 Å². The quantitative estimate of drug-likeness (QED) is 0.549. The van der Waals surface area contributed by atoms with Gasteiger partial charge in [0.2, 0.25) is 11.7 Å². The van der Waals surface area contributed by atoms with Crippen LogP contribution in [0.25, 0.3) is 11.4 Å². The fourth-order valence-corrected chi connectivity index (χ4v) is 4.85. The Morgan fingerprint density at radius 2 is 2.00 bits per heavy atom. The number of ether oxygens (including phenoxy) is 1. The van der Waals surface area contributed by atoms with Gasteiger partial charge >= 0.3 is 6.03 Å². The molecule has 1 aromatic heterocycles. The van der Waals surface area contributed by atoms with Crippen molar-refractivity contribution in [1.82, 2.24) is 15.0 Å². The van der Waals surface area contributed by atoms with E-state index in [0.717, 1.165) is 5.56 Å². The first-order valence-corrected chi connectivity index (χ1v) is 11.1. The Morgan fingerprint density at radius 3 is 2.78 bits per heavy atom. The summed E-state index contributed by atoms with van der Waals surface area (Å²) in [7, 11) is 1.58. The molecule has 2 aromatic carbocycles. The number of fused-ring (bicyclic) bond motifs is 1. The molecule has 32 heavy (non-hydrogen) atoms. The lowest BCUT2D eigenvalue weighted by molar-refractivity contribution is -0.119. The van der Waals surface area contributed by atoms with Crippen LogP contribution in [0.2, 0.25) is 5.02 Å². The first-order valence-electron chi connectivity index (χ1n) is 9.74. The number of benzene rings is 2. The minimum atomic E-state index is -0.452. The highest BCUT2D eigenvalue weighted by molar-refractivity contribution is 8.03. The number of nitrogens with zero attached hydrogens (tertiary/aromatic N) is 4. The van der Waals surface area contributed by atoms with Crippen LogP contribution in [0, 0.1) is 0 Å².